The van der Waals surface area contributed by atoms with Crippen LogP contribution in [0.25, 0.3) is 0 Å². The molecular weight excluding hydrogens is 156 g/mol. The molecule has 1 rings (SSSR count). The maximum atomic E-state index is 10.2. The Kier molecular flexibility index (Phi) is 3.34. The lowest BCUT2D eigenvalue weighted by Crippen LogP contribution is -2.44. The predicted octanol–water partition coefficient (Wildman–Crippen LogP) is 1.09. The Morgan fingerprint density at radius 1 is 1.67 bits per heavy atom. The molecular formula is C8H16N2O2. The van der Waals surface area contributed by atoms with Crippen molar-refractivity contribution in [3.05, 3.63) is 0 Å². The lowest BCUT2D eigenvalue weighted by Gasteiger charge is -2.32. The van der Waals surface area contributed by atoms with E-state index in [0.29, 0.717) is 12.7 Å². The van der Waals surface area contributed by atoms with E-state index in [2.05, 4.69) is 17.1 Å². The lowest BCUT2D eigenvalue weighted by atomic mass is 10.0. The number of nitrogens with zero attached hydrogens (tertiary/aromatic N) is 1. The van der Waals surface area contributed by atoms with Crippen LogP contribution in [0, 0.1) is 0 Å². The van der Waals surface area contributed by atoms with Crippen LogP contribution in [-0.4, -0.2) is 35.4 Å². The number of amides is 1. The van der Waals surface area contributed by atoms with Gasteiger partial charge in [0, 0.05) is 12.6 Å². The highest BCUT2D eigenvalue weighted by Gasteiger charge is 2.17. The Morgan fingerprint density at radius 3 is 3.00 bits per heavy atom. The van der Waals surface area contributed by atoms with E-state index in [1.54, 1.807) is 0 Å². The molecule has 4 heteroatoms. The zero-order chi connectivity index (χ0) is 8.97. The molecule has 1 fully saturated rings. The SMILES string of the molecule is CC1CCCCN1CNC(=O)O. The summed E-state index contributed by atoms with van der Waals surface area (Å²) in [6, 6.07) is 0.519. The maximum Gasteiger partial charge on any atom is 0.405 e. The third-order valence-electron chi connectivity index (χ3n) is 2.37. The molecule has 0 saturated carbocycles. The zero-order valence-corrected chi connectivity index (χ0v) is 7.42. The van der Waals surface area contributed by atoms with E-state index in [-0.39, 0.29) is 0 Å². The Bertz CT molecular complexity index is 161. The van der Waals surface area contributed by atoms with Crippen molar-refractivity contribution in [2.75, 3.05) is 13.2 Å². The number of likely N-dealkylation sites (tertiary alicyclic amines) is 1. The van der Waals surface area contributed by atoms with E-state index >= 15 is 0 Å². The van der Waals surface area contributed by atoms with Gasteiger partial charge < -0.3 is 10.4 Å². The number of carboxylic acid groups (broad SMARTS) is 1. The Balaban J connectivity index is 2.24. The van der Waals surface area contributed by atoms with Gasteiger partial charge in [0.05, 0.1) is 6.67 Å². The molecule has 70 valence electrons. The summed E-state index contributed by atoms with van der Waals surface area (Å²) in [4.78, 5) is 12.4. The van der Waals surface area contributed by atoms with Crippen molar-refractivity contribution in [1.82, 2.24) is 10.2 Å². The number of nitrogens with one attached hydrogen (secondary N) is 1. The van der Waals surface area contributed by atoms with Crippen LogP contribution in [0.3, 0.4) is 0 Å². The molecule has 1 unspecified atom stereocenters. The second kappa shape index (κ2) is 4.30. The van der Waals surface area contributed by atoms with Gasteiger partial charge in [0.2, 0.25) is 0 Å². The second-order valence-electron chi connectivity index (χ2n) is 3.30. The van der Waals surface area contributed by atoms with Crippen LogP contribution in [0.2, 0.25) is 0 Å². The van der Waals surface area contributed by atoms with Gasteiger partial charge in [0.1, 0.15) is 0 Å². The number of hydrogen-bond acceptors (Lipinski definition) is 2. The lowest BCUT2D eigenvalue weighted by molar-refractivity contribution is 0.138. The number of rotatable bonds is 2. The van der Waals surface area contributed by atoms with Crippen LogP contribution in [-0.2, 0) is 0 Å². The molecule has 0 aromatic carbocycles. The smallest absolute Gasteiger partial charge is 0.405 e. The topological polar surface area (TPSA) is 52.6 Å². The highest BCUT2D eigenvalue weighted by molar-refractivity contribution is 5.64. The summed E-state index contributed by atoms with van der Waals surface area (Å²) in [6.45, 7) is 3.63. The van der Waals surface area contributed by atoms with Crippen LogP contribution in [0.5, 0.6) is 0 Å². The van der Waals surface area contributed by atoms with Crippen LogP contribution >= 0.6 is 0 Å². The minimum absolute atomic E-state index is 0.469. The molecule has 2 N–H and O–H groups in total. The summed E-state index contributed by atoms with van der Waals surface area (Å²) in [5.74, 6) is 0. The molecule has 12 heavy (non-hydrogen) atoms. The fraction of sp³-hybridized carbons (Fsp3) is 0.875. The van der Waals surface area contributed by atoms with Gasteiger partial charge in [-0.25, -0.2) is 4.79 Å². The molecule has 1 heterocycles. The Labute approximate surface area is 72.6 Å². The predicted molar refractivity (Wildman–Crippen MR) is 46.0 cm³/mol. The average Bonchev–Trinajstić information content (AvgIpc) is 2.03. The summed E-state index contributed by atoms with van der Waals surface area (Å²) >= 11 is 0. The van der Waals surface area contributed by atoms with Gasteiger partial charge >= 0.3 is 6.09 Å². The normalized spacial score (nSPS) is 25.2. The summed E-state index contributed by atoms with van der Waals surface area (Å²) in [7, 11) is 0. The van der Waals surface area contributed by atoms with Gasteiger partial charge in [-0.1, -0.05) is 6.42 Å². The van der Waals surface area contributed by atoms with Crippen molar-refractivity contribution in [1.29, 1.82) is 0 Å². The average molecular weight is 172 g/mol. The molecule has 0 aromatic heterocycles. The molecule has 0 spiro atoms. The minimum atomic E-state index is -0.937. The first-order valence-electron chi connectivity index (χ1n) is 4.41. The van der Waals surface area contributed by atoms with Crippen molar-refractivity contribution in [2.24, 2.45) is 0 Å². The Hall–Kier alpha value is -0.770. The fourth-order valence-electron chi connectivity index (χ4n) is 1.56. The fourth-order valence-corrected chi connectivity index (χ4v) is 1.56. The van der Waals surface area contributed by atoms with E-state index in [0.717, 1.165) is 6.54 Å². The van der Waals surface area contributed by atoms with Crippen LogP contribution in [0.15, 0.2) is 0 Å². The molecule has 1 atom stereocenters. The molecule has 1 aliphatic rings. The van der Waals surface area contributed by atoms with Crippen molar-refractivity contribution >= 4 is 6.09 Å². The van der Waals surface area contributed by atoms with E-state index in [1.165, 1.54) is 19.3 Å². The molecule has 1 amide bonds. The first-order valence-corrected chi connectivity index (χ1v) is 4.41. The van der Waals surface area contributed by atoms with Crippen LogP contribution in [0.4, 0.5) is 4.79 Å². The number of piperidine rings is 1. The van der Waals surface area contributed by atoms with Gasteiger partial charge in [-0.05, 0) is 19.8 Å². The minimum Gasteiger partial charge on any atom is -0.465 e. The van der Waals surface area contributed by atoms with E-state index < -0.39 is 6.09 Å². The molecule has 0 bridgehead atoms. The summed E-state index contributed by atoms with van der Waals surface area (Å²) in [5, 5.41) is 10.8. The van der Waals surface area contributed by atoms with Gasteiger partial charge in [-0.15, -0.1) is 0 Å². The largest absolute Gasteiger partial charge is 0.465 e. The van der Waals surface area contributed by atoms with E-state index in [9.17, 15) is 4.79 Å². The van der Waals surface area contributed by atoms with Crippen molar-refractivity contribution < 1.29 is 9.90 Å². The standard InChI is InChI=1S/C8H16N2O2/c1-7-4-2-3-5-10(7)6-9-8(11)12/h7,9H,2-6H2,1H3,(H,11,12). The molecule has 4 nitrogen and oxygen atoms in total. The summed E-state index contributed by atoms with van der Waals surface area (Å²) in [5.41, 5.74) is 0. The van der Waals surface area contributed by atoms with Gasteiger partial charge in [-0.2, -0.15) is 0 Å². The second-order valence-corrected chi connectivity index (χ2v) is 3.30. The third kappa shape index (κ3) is 2.70. The highest BCUT2D eigenvalue weighted by Crippen LogP contribution is 2.14. The maximum absolute atomic E-state index is 10.2. The first-order chi connectivity index (χ1) is 5.70. The van der Waals surface area contributed by atoms with Crippen LogP contribution in [0.1, 0.15) is 26.2 Å². The van der Waals surface area contributed by atoms with Crippen molar-refractivity contribution in [3.8, 4) is 0 Å². The Morgan fingerprint density at radius 2 is 2.42 bits per heavy atom. The molecule has 1 saturated heterocycles. The monoisotopic (exact) mass is 172 g/mol. The number of hydrogen-bond donors (Lipinski definition) is 2. The van der Waals surface area contributed by atoms with Gasteiger partial charge in [-0.3, -0.25) is 4.90 Å². The quantitative estimate of drug-likeness (QED) is 0.655. The van der Waals surface area contributed by atoms with Gasteiger partial charge in [0.15, 0.2) is 0 Å². The molecule has 0 aliphatic carbocycles. The molecule has 0 radical (unpaired) electrons. The summed E-state index contributed by atoms with van der Waals surface area (Å²) < 4.78 is 0. The third-order valence-corrected chi connectivity index (χ3v) is 2.37. The van der Waals surface area contributed by atoms with E-state index in [4.69, 9.17) is 5.11 Å². The highest BCUT2D eigenvalue weighted by atomic mass is 16.4. The first kappa shape index (κ1) is 9.32. The van der Waals surface area contributed by atoms with Crippen molar-refractivity contribution in [2.45, 2.75) is 32.2 Å². The zero-order valence-electron chi connectivity index (χ0n) is 7.42. The van der Waals surface area contributed by atoms with Gasteiger partial charge in [0.25, 0.3) is 0 Å². The van der Waals surface area contributed by atoms with Crippen LogP contribution < -0.4 is 5.32 Å². The summed E-state index contributed by atoms with van der Waals surface area (Å²) in [6.07, 6.45) is 2.70. The molecule has 0 aromatic rings. The van der Waals surface area contributed by atoms with Crippen molar-refractivity contribution in [3.63, 3.8) is 0 Å². The number of carbonyl (C=O) groups is 1. The van der Waals surface area contributed by atoms with E-state index in [1.807, 2.05) is 0 Å². The molecule has 1 aliphatic heterocycles.